The number of aromatic nitrogens is 1. The van der Waals surface area contributed by atoms with E-state index >= 15 is 0 Å². The number of unbranched alkanes of at least 4 members (excludes halogenated alkanes) is 11. The minimum absolute atomic E-state index is 0. The molecule has 6 heteroatoms. The number of benzene rings is 2. The molecule has 220 valence electrons. The smallest absolute Gasteiger partial charge is 0.224 e. The van der Waals surface area contributed by atoms with Crippen LogP contribution in [0.3, 0.4) is 0 Å². The summed E-state index contributed by atoms with van der Waals surface area (Å²) in [7, 11) is 0. The average molecular weight is 630 g/mol. The molecular weight excluding hydrogens is 580 g/mol. The van der Waals surface area contributed by atoms with E-state index in [1.807, 2.05) is 4.90 Å². The largest absolute Gasteiger partial charge is 1.00 e. The molecule has 1 aromatic heterocycles. The molecule has 0 aliphatic rings. The first-order valence-corrected chi connectivity index (χ1v) is 16.1. The van der Waals surface area contributed by atoms with Gasteiger partial charge in [-0.3, -0.25) is 4.79 Å². The highest BCUT2D eigenvalue weighted by molar-refractivity contribution is 7.07. The second-order valence-electron chi connectivity index (χ2n) is 10.7. The summed E-state index contributed by atoms with van der Waals surface area (Å²) in [5.74, 6) is 1.00. The van der Waals surface area contributed by atoms with Crippen molar-refractivity contribution in [2.45, 2.75) is 104 Å². The van der Waals surface area contributed by atoms with Gasteiger partial charge in [-0.15, -0.1) is 0 Å². The van der Waals surface area contributed by atoms with Gasteiger partial charge >= 0.3 is 0 Å². The second-order valence-corrected chi connectivity index (χ2v) is 11.4. The molecule has 0 atom stereocenters. The number of carbonyl (C=O) groups excluding carboxylic acids is 1. The number of hydrogen-bond acceptors (Lipinski definition) is 3. The Labute approximate surface area is 257 Å². The molecule has 0 saturated carbocycles. The molecule has 2 aromatic carbocycles. The maximum absolute atomic E-state index is 12.4. The third kappa shape index (κ3) is 13.5. The van der Waals surface area contributed by atoms with Crippen LogP contribution in [0, 0.1) is 0 Å². The van der Waals surface area contributed by atoms with Crippen molar-refractivity contribution in [2.24, 2.45) is 0 Å². The first kappa shape index (κ1) is 34.0. The van der Waals surface area contributed by atoms with Crippen molar-refractivity contribution >= 4 is 22.9 Å². The van der Waals surface area contributed by atoms with Gasteiger partial charge in [0.1, 0.15) is 5.75 Å². The van der Waals surface area contributed by atoms with Crippen LogP contribution in [-0.4, -0.2) is 19.1 Å². The third-order valence-corrected chi connectivity index (χ3v) is 8.01. The zero-order valence-corrected chi connectivity index (χ0v) is 27.1. The van der Waals surface area contributed by atoms with Crippen LogP contribution in [0.1, 0.15) is 102 Å². The molecule has 3 aromatic rings. The van der Waals surface area contributed by atoms with Gasteiger partial charge in [0.05, 0.1) is 12.0 Å². The Hall–Kier alpha value is -2.18. The summed E-state index contributed by atoms with van der Waals surface area (Å²) in [5.41, 5.74) is 5.49. The number of carbonyl (C=O) groups is 1. The van der Waals surface area contributed by atoms with Crippen LogP contribution in [0.25, 0.3) is 0 Å². The van der Waals surface area contributed by atoms with Gasteiger partial charge in [0.15, 0.2) is 12.7 Å². The van der Waals surface area contributed by atoms with Gasteiger partial charge in [-0.25, -0.2) is 0 Å². The molecule has 0 bridgehead atoms. The normalized spacial score (nSPS) is 10.8. The van der Waals surface area contributed by atoms with Crippen molar-refractivity contribution in [3.8, 4) is 5.75 Å². The summed E-state index contributed by atoms with van der Waals surface area (Å²) in [6, 6.07) is 16.7. The summed E-state index contributed by atoms with van der Waals surface area (Å²) in [4.78, 5) is 14.2. The van der Waals surface area contributed by atoms with Crippen LogP contribution in [-0.2, 0) is 17.8 Å². The minimum atomic E-state index is 0. The SMILES string of the molecule is CCCCCCCCCCCCCCOc1ccc(CCN(C(C)=O)c2ccc(C[n+]3ccsc3)cc2)cc1.[Br-]. The molecule has 1 heterocycles. The number of halogens is 1. The topological polar surface area (TPSA) is 33.4 Å². The summed E-state index contributed by atoms with van der Waals surface area (Å²) in [5, 5.41) is 2.07. The van der Waals surface area contributed by atoms with E-state index in [1.165, 1.54) is 81.8 Å². The summed E-state index contributed by atoms with van der Waals surface area (Å²) in [6.07, 6.45) is 19.2. The highest BCUT2D eigenvalue weighted by Crippen LogP contribution is 2.19. The lowest BCUT2D eigenvalue weighted by Gasteiger charge is -2.21. The third-order valence-electron chi connectivity index (χ3n) is 7.33. The predicted molar refractivity (Wildman–Crippen MR) is 165 cm³/mol. The van der Waals surface area contributed by atoms with E-state index in [9.17, 15) is 4.79 Å². The van der Waals surface area contributed by atoms with Gasteiger partial charge in [0, 0.05) is 24.7 Å². The van der Waals surface area contributed by atoms with Crippen molar-refractivity contribution < 1.29 is 31.1 Å². The van der Waals surface area contributed by atoms with E-state index in [1.54, 1.807) is 18.3 Å². The fourth-order valence-electron chi connectivity index (χ4n) is 4.94. The van der Waals surface area contributed by atoms with E-state index in [-0.39, 0.29) is 22.9 Å². The molecular formula is C34H49BrN2O2S. The lowest BCUT2D eigenvalue weighted by atomic mass is 10.1. The lowest BCUT2D eigenvalue weighted by molar-refractivity contribution is -0.683. The van der Waals surface area contributed by atoms with Crippen LogP contribution in [0.15, 0.2) is 65.6 Å². The quantitative estimate of drug-likeness (QED) is 0.118. The Morgan fingerprint density at radius 1 is 0.800 bits per heavy atom. The van der Waals surface area contributed by atoms with Crippen LogP contribution in [0.4, 0.5) is 5.69 Å². The number of ether oxygens (including phenoxy) is 1. The van der Waals surface area contributed by atoms with Crippen LogP contribution in [0.2, 0.25) is 0 Å². The van der Waals surface area contributed by atoms with Gasteiger partial charge in [-0.05, 0) is 42.7 Å². The number of hydrogen-bond donors (Lipinski definition) is 0. The van der Waals surface area contributed by atoms with Crippen molar-refractivity contribution in [1.82, 2.24) is 0 Å². The molecule has 0 aliphatic heterocycles. The number of nitrogens with zero attached hydrogens (tertiary/aromatic N) is 2. The maximum atomic E-state index is 12.4. The zero-order valence-electron chi connectivity index (χ0n) is 24.7. The van der Waals surface area contributed by atoms with E-state index < -0.39 is 0 Å². The van der Waals surface area contributed by atoms with Crippen LogP contribution < -0.4 is 31.2 Å². The molecule has 0 spiro atoms. The fourth-order valence-corrected chi connectivity index (χ4v) is 5.54. The Morgan fingerprint density at radius 3 is 1.93 bits per heavy atom. The maximum Gasteiger partial charge on any atom is 0.224 e. The summed E-state index contributed by atoms with van der Waals surface area (Å²) >= 11 is 1.69. The van der Waals surface area contributed by atoms with Crippen molar-refractivity contribution in [2.75, 3.05) is 18.1 Å². The molecule has 1 amide bonds. The molecule has 40 heavy (non-hydrogen) atoms. The Kier molecular flexibility index (Phi) is 17.6. The Bertz CT molecular complexity index is 1040. The molecule has 0 radical (unpaired) electrons. The van der Waals surface area contributed by atoms with Crippen molar-refractivity contribution in [3.63, 3.8) is 0 Å². The number of rotatable bonds is 20. The highest BCUT2D eigenvalue weighted by atomic mass is 79.9. The standard InChI is InChI=1S/C34H49N2O2S.BrH/c1-3-4-5-6-7-8-9-10-11-12-13-14-26-38-34-21-17-31(18-22-34)23-24-36(30(2)37)33-19-15-32(16-20-33)28-35-25-27-39-29-35;/h15-22,25,27,29H,3-14,23-24,26,28H2,1-2H3;1H/q+1;/p-1. The Balaban J connectivity index is 0.00000560. The van der Waals surface area contributed by atoms with Gasteiger partial charge < -0.3 is 26.6 Å². The molecule has 0 N–H and O–H groups in total. The minimum Gasteiger partial charge on any atom is -1.00 e. The first-order valence-electron chi connectivity index (χ1n) is 15.2. The van der Waals surface area contributed by atoms with Crippen LogP contribution >= 0.6 is 11.3 Å². The van der Waals surface area contributed by atoms with Crippen LogP contribution in [0.5, 0.6) is 5.75 Å². The highest BCUT2D eigenvalue weighted by Gasteiger charge is 2.12. The number of amides is 1. The van der Waals surface area contributed by atoms with Gasteiger partial charge in [0.25, 0.3) is 0 Å². The Morgan fingerprint density at radius 2 is 1.38 bits per heavy atom. The first-order chi connectivity index (χ1) is 19.2. The molecule has 0 aliphatic carbocycles. The molecule has 3 rings (SSSR count). The monoisotopic (exact) mass is 628 g/mol. The van der Waals surface area contributed by atoms with Crippen molar-refractivity contribution in [3.05, 3.63) is 76.7 Å². The summed E-state index contributed by atoms with van der Waals surface area (Å²) < 4.78 is 8.13. The van der Waals surface area contributed by atoms with Gasteiger partial charge in [-0.2, -0.15) is 4.57 Å². The predicted octanol–water partition coefficient (Wildman–Crippen LogP) is 5.76. The average Bonchev–Trinajstić information content (AvgIpc) is 3.46. The van der Waals surface area contributed by atoms with E-state index in [0.717, 1.165) is 37.4 Å². The van der Waals surface area contributed by atoms with E-state index in [4.69, 9.17) is 4.74 Å². The van der Waals surface area contributed by atoms with Gasteiger partial charge in [-0.1, -0.05) is 113 Å². The molecule has 4 nitrogen and oxygen atoms in total. The second kappa shape index (κ2) is 20.7. The fraction of sp³-hybridized carbons (Fsp3) is 0.529. The number of anilines is 1. The molecule has 0 saturated heterocycles. The van der Waals surface area contributed by atoms with E-state index in [0.29, 0.717) is 6.54 Å². The van der Waals surface area contributed by atoms with E-state index in [2.05, 4.69) is 77.1 Å². The summed E-state index contributed by atoms with van der Waals surface area (Å²) in [6.45, 7) is 6.21. The molecule has 0 fully saturated rings. The lowest BCUT2D eigenvalue weighted by Crippen LogP contribution is -3.00. The number of thiazole rings is 1. The zero-order chi connectivity index (χ0) is 27.5. The van der Waals surface area contributed by atoms with Crippen molar-refractivity contribution in [1.29, 1.82) is 0 Å². The molecule has 0 unspecified atom stereocenters. The van der Waals surface area contributed by atoms with Gasteiger partial charge in [0.2, 0.25) is 11.4 Å².